The van der Waals surface area contributed by atoms with E-state index in [1.165, 1.54) is 12.5 Å². The summed E-state index contributed by atoms with van der Waals surface area (Å²) in [4.78, 5) is 0.279. The molecule has 0 aromatic carbocycles. The van der Waals surface area contributed by atoms with Gasteiger partial charge in [-0.15, -0.1) is 0 Å². The van der Waals surface area contributed by atoms with Crippen molar-refractivity contribution in [3.05, 3.63) is 12.4 Å². The highest BCUT2D eigenvalue weighted by Crippen LogP contribution is 2.07. The summed E-state index contributed by atoms with van der Waals surface area (Å²) in [5, 5.41) is 3.99. The Hall–Kier alpha value is -0.880. The third-order valence-corrected chi connectivity index (χ3v) is 3.20. The zero-order valence-electron chi connectivity index (χ0n) is 8.89. The van der Waals surface area contributed by atoms with Gasteiger partial charge in [-0.1, -0.05) is 6.42 Å². The minimum Gasteiger partial charge on any atom is -0.330 e. The number of unbranched alkanes of at least 4 members (excludes halogenated alkanes) is 2. The first-order valence-electron chi connectivity index (χ1n) is 4.96. The molecule has 0 spiro atoms. The Balaban J connectivity index is 2.47. The quantitative estimate of drug-likeness (QED) is 0.719. The number of aryl methyl sites for hydroxylation is 1. The van der Waals surface area contributed by atoms with Crippen LogP contribution in [0.25, 0.3) is 0 Å². The van der Waals surface area contributed by atoms with E-state index in [1.54, 1.807) is 10.9 Å². The number of hydrogen-bond donors (Lipinski definition) is 1. The highest BCUT2D eigenvalue weighted by atomic mass is 32.2. The topological polar surface area (TPSA) is 78.0 Å². The van der Waals surface area contributed by atoms with Crippen LogP contribution in [0.1, 0.15) is 19.3 Å². The van der Waals surface area contributed by atoms with Gasteiger partial charge in [0.25, 0.3) is 0 Å². The molecular formula is C9H17N3O2S. The summed E-state index contributed by atoms with van der Waals surface area (Å²) in [5.74, 6) is 0. The number of rotatable bonds is 6. The summed E-state index contributed by atoms with van der Waals surface area (Å²) in [6.07, 6.45) is 7.16. The molecule has 0 aliphatic carbocycles. The highest BCUT2D eigenvalue weighted by Gasteiger charge is 2.09. The van der Waals surface area contributed by atoms with Crippen LogP contribution in [0, 0.1) is 0 Å². The molecule has 0 unspecified atom stereocenters. The first-order valence-corrected chi connectivity index (χ1v) is 6.86. The number of hydrogen-bond acceptors (Lipinski definition) is 4. The maximum absolute atomic E-state index is 11.2. The molecule has 0 fully saturated rings. The van der Waals surface area contributed by atoms with E-state index in [9.17, 15) is 8.42 Å². The van der Waals surface area contributed by atoms with Crippen molar-refractivity contribution >= 4 is 9.84 Å². The van der Waals surface area contributed by atoms with Gasteiger partial charge in [0.05, 0.1) is 6.20 Å². The van der Waals surface area contributed by atoms with Crippen molar-refractivity contribution in [1.29, 1.82) is 0 Å². The SMILES string of the molecule is CS(=O)(=O)c1cnn(CCCCCN)c1. The van der Waals surface area contributed by atoms with Crippen molar-refractivity contribution in [3.8, 4) is 0 Å². The first kappa shape index (κ1) is 12.2. The summed E-state index contributed by atoms with van der Waals surface area (Å²) in [6, 6.07) is 0. The summed E-state index contributed by atoms with van der Waals surface area (Å²) in [5.41, 5.74) is 5.37. The summed E-state index contributed by atoms with van der Waals surface area (Å²) in [7, 11) is -3.12. The van der Waals surface area contributed by atoms with Crippen molar-refractivity contribution in [1.82, 2.24) is 9.78 Å². The van der Waals surface area contributed by atoms with E-state index < -0.39 is 9.84 Å². The second-order valence-corrected chi connectivity index (χ2v) is 5.58. The Bertz CT molecular complexity index is 397. The van der Waals surface area contributed by atoms with Crippen LogP contribution in [0.15, 0.2) is 17.3 Å². The van der Waals surface area contributed by atoms with Crippen molar-refractivity contribution in [2.24, 2.45) is 5.73 Å². The minimum absolute atomic E-state index is 0.279. The molecule has 0 amide bonds. The maximum Gasteiger partial charge on any atom is 0.178 e. The van der Waals surface area contributed by atoms with Crippen molar-refractivity contribution in [2.45, 2.75) is 30.7 Å². The molecule has 1 rings (SSSR count). The molecule has 1 aromatic rings. The third kappa shape index (κ3) is 4.01. The monoisotopic (exact) mass is 231 g/mol. The largest absolute Gasteiger partial charge is 0.330 e. The van der Waals surface area contributed by atoms with Crippen LogP contribution in [-0.2, 0) is 16.4 Å². The fourth-order valence-electron chi connectivity index (χ4n) is 1.25. The van der Waals surface area contributed by atoms with E-state index in [0.717, 1.165) is 25.8 Å². The van der Waals surface area contributed by atoms with Gasteiger partial charge in [-0.2, -0.15) is 5.10 Å². The number of nitrogens with two attached hydrogens (primary N) is 1. The molecule has 0 saturated heterocycles. The second kappa shape index (κ2) is 5.27. The molecule has 1 heterocycles. The van der Waals surface area contributed by atoms with Gasteiger partial charge in [0.1, 0.15) is 4.90 Å². The molecule has 0 radical (unpaired) electrons. The van der Waals surface area contributed by atoms with Gasteiger partial charge in [-0.05, 0) is 19.4 Å². The van der Waals surface area contributed by atoms with Crippen molar-refractivity contribution in [3.63, 3.8) is 0 Å². The molecule has 0 atom stereocenters. The summed E-state index contributed by atoms with van der Waals surface area (Å²) in [6.45, 7) is 1.45. The Morgan fingerprint density at radius 1 is 1.40 bits per heavy atom. The van der Waals surface area contributed by atoms with Crippen LogP contribution in [0.5, 0.6) is 0 Å². The number of aromatic nitrogens is 2. The molecule has 5 nitrogen and oxygen atoms in total. The van der Waals surface area contributed by atoms with Crippen molar-refractivity contribution < 1.29 is 8.42 Å². The molecule has 0 aliphatic heterocycles. The second-order valence-electron chi connectivity index (χ2n) is 3.56. The Morgan fingerprint density at radius 3 is 2.67 bits per heavy atom. The summed E-state index contributed by atoms with van der Waals surface area (Å²) < 4.78 is 24.0. The van der Waals surface area contributed by atoms with Crippen LogP contribution >= 0.6 is 0 Å². The Morgan fingerprint density at radius 2 is 2.13 bits per heavy atom. The van der Waals surface area contributed by atoms with Crippen molar-refractivity contribution in [2.75, 3.05) is 12.8 Å². The Labute approximate surface area is 90.2 Å². The smallest absolute Gasteiger partial charge is 0.178 e. The zero-order chi connectivity index (χ0) is 11.3. The van der Waals surface area contributed by atoms with E-state index in [2.05, 4.69) is 5.10 Å². The van der Waals surface area contributed by atoms with Gasteiger partial charge in [-0.25, -0.2) is 8.42 Å². The zero-order valence-corrected chi connectivity index (χ0v) is 9.70. The standard InChI is InChI=1S/C9H17N3O2S/c1-15(13,14)9-7-11-12(8-9)6-4-2-3-5-10/h7-8H,2-6,10H2,1H3. The van der Waals surface area contributed by atoms with Gasteiger partial charge in [0, 0.05) is 19.0 Å². The average molecular weight is 231 g/mol. The normalized spacial score (nSPS) is 11.9. The van der Waals surface area contributed by atoms with Gasteiger partial charge in [0.2, 0.25) is 0 Å². The van der Waals surface area contributed by atoms with E-state index in [4.69, 9.17) is 5.73 Å². The van der Waals surface area contributed by atoms with Crippen LogP contribution in [-0.4, -0.2) is 31.0 Å². The van der Waals surface area contributed by atoms with Gasteiger partial charge >= 0.3 is 0 Å². The predicted molar refractivity (Wildman–Crippen MR) is 58.2 cm³/mol. The molecule has 86 valence electrons. The highest BCUT2D eigenvalue weighted by molar-refractivity contribution is 7.90. The molecule has 2 N–H and O–H groups in total. The first-order chi connectivity index (χ1) is 7.04. The molecule has 1 aromatic heterocycles. The molecular weight excluding hydrogens is 214 g/mol. The lowest BCUT2D eigenvalue weighted by atomic mass is 10.2. The minimum atomic E-state index is -3.12. The van der Waals surface area contributed by atoms with Crippen LogP contribution in [0.2, 0.25) is 0 Å². The maximum atomic E-state index is 11.2. The van der Waals surface area contributed by atoms with Gasteiger partial charge in [-0.3, -0.25) is 4.68 Å². The lowest BCUT2D eigenvalue weighted by Crippen LogP contribution is -2.02. The Kier molecular flexibility index (Phi) is 4.28. The van der Waals surface area contributed by atoms with Gasteiger partial charge < -0.3 is 5.73 Å². The van der Waals surface area contributed by atoms with E-state index in [0.29, 0.717) is 6.54 Å². The van der Waals surface area contributed by atoms with E-state index >= 15 is 0 Å². The van der Waals surface area contributed by atoms with E-state index in [1.807, 2.05) is 0 Å². The van der Waals surface area contributed by atoms with E-state index in [-0.39, 0.29) is 4.90 Å². The van der Waals surface area contributed by atoms with Crippen LogP contribution in [0.4, 0.5) is 0 Å². The number of nitrogens with zero attached hydrogens (tertiary/aromatic N) is 2. The molecule has 0 saturated carbocycles. The molecule has 15 heavy (non-hydrogen) atoms. The van der Waals surface area contributed by atoms with Crippen LogP contribution in [0.3, 0.4) is 0 Å². The predicted octanol–water partition coefficient (Wildman–Crippen LogP) is 0.416. The third-order valence-electron chi connectivity index (χ3n) is 2.13. The molecule has 6 heteroatoms. The average Bonchev–Trinajstić information content (AvgIpc) is 2.60. The molecule has 0 aliphatic rings. The fraction of sp³-hybridized carbons (Fsp3) is 0.667. The van der Waals surface area contributed by atoms with Crippen LogP contribution < -0.4 is 5.73 Å². The summed E-state index contributed by atoms with van der Waals surface area (Å²) >= 11 is 0. The fourth-order valence-corrected chi connectivity index (χ4v) is 1.81. The van der Waals surface area contributed by atoms with Gasteiger partial charge in [0.15, 0.2) is 9.84 Å². The number of sulfone groups is 1. The lowest BCUT2D eigenvalue weighted by molar-refractivity contribution is 0.545. The molecule has 0 bridgehead atoms. The lowest BCUT2D eigenvalue weighted by Gasteiger charge is -1.99.